The molecule has 0 unspecified atom stereocenters. The van der Waals surface area contributed by atoms with Gasteiger partial charge in [0.2, 0.25) is 5.91 Å². The number of furan rings is 1. The molecule has 0 aliphatic rings. The van der Waals surface area contributed by atoms with Crippen LogP contribution in [0.25, 0.3) is 10.9 Å². The fraction of sp³-hybridized carbons (Fsp3) is 0.125. The van der Waals surface area contributed by atoms with Crippen LogP contribution in [-0.2, 0) is 17.8 Å². The molecular weight excluding hydrogens is 284 g/mol. The maximum Gasteiger partial charge on any atom is 0.224 e. The Kier molecular flexibility index (Phi) is 3.65. The second-order valence-electron chi connectivity index (χ2n) is 4.84. The number of amides is 1. The number of hydrogen-bond donors (Lipinski definition) is 2. The Bertz CT molecular complexity index is 818. The van der Waals surface area contributed by atoms with E-state index < -0.39 is 5.97 Å². The first-order valence-corrected chi connectivity index (χ1v) is 6.75. The van der Waals surface area contributed by atoms with Crippen molar-refractivity contribution in [1.82, 2.24) is 10.3 Å². The number of aromatic carboxylic acids is 1. The molecule has 0 aliphatic carbocycles. The van der Waals surface area contributed by atoms with Gasteiger partial charge in [0.15, 0.2) is 0 Å². The van der Waals surface area contributed by atoms with Gasteiger partial charge in [-0.05, 0) is 23.8 Å². The highest BCUT2D eigenvalue weighted by Gasteiger charge is 2.15. The van der Waals surface area contributed by atoms with Crippen molar-refractivity contribution < 1.29 is 19.1 Å². The average molecular weight is 297 g/mol. The highest BCUT2D eigenvalue weighted by molar-refractivity contribution is 5.99. The summed E-state index contributed by atoms with van der Waals surface area (Å²) in [4.78, 5) is 26.1. The Morgan fingerprint density at radius 2 is 2.00 bits per heavy atom. The summed E-state index contributed by atoms with van der Waals surface area (Å²) in [6.45, 7) is 0.259. The monoisotopic (exact) mass is 297 g/mol. The first kappa shape index (κ1) is 13.9. The zero-order chi connectivity index (χ0) is 15.5. The number of carboxylic acid groups (broad SMARTS) is 1. The second kappa shape index (κ2) is 5.77. The van der Waals surface area contributed by atoms with E-state index >= 15 is 0 Å². The van der Waals surface area contributed by atoms with Crippen LogP contribution in [0.1, 0.15) is 21.8 Å². The first-order valence-electron chi connectivity index (χ1n) is 6.75. The molecule has 0 spiro atoms. The summed E-state index contributed by atoms with van der Waals surface area (Å²) in [6.07, 6.45) is 1.48. The molecule has 0 saturated heterocycles. The van der Waals surface area contributed by atoms with Gasteiger partial charge in [-0.2, -0.15) is 0 Å². The molecule has 0 bridgehead atoms. The Balaban J connectivity index is 1.81. The van der Waals surface area contributed by atoms with E-state index in [1.165, 1.54) is 6.26 Å². The van der Waals surface area contributed by atoms with Crippen LogP contribution < -0.4 is 10.4 Å². The maximum absolute atomic E-state index is 12.0. The van der Waals surface area contributed by atoms with Gasteiger partial charge in [-0.3, -0.25) is 4.79 Å². The van der Waals surface area contributed by atoms with Crippen molar-refractivity contribution in [3.05, 3.63) is 59.7 Å². The summed E-state index contributed by atoms with van der Waals surface area (Å²) in [5.74, 6) is -0.985. The summed E-state index contributed by atoms with van der Waals surface area (Å²) in [7, 11) is 0. The Morgan fingerprint density at radius 3 is 2.73 bits per heavy atom. The van der Waals surface area contributed by atoms with Gasteiger partial charge in [-0.25, -0.2) is 0 Å². The smallest absolute Gasteiger partial charge is 0.224 e. The molecule has 1 aromatic carbocycles. The van der Waals surface area contributed by atoms with Crippen LogP contribution in [0.4, 0.5) is 0 Å². The van der Waals surface area contributed by atoms with Gasteiger partial charge < -0.3 is 24.6 Å². The molecule has 0 atom stereocenters. The zero-order valence-corrected chi connectivity index (χ0v) is 11.6. The Hall–Kier alpha value is -3.02. The number of rotatable bonds is 5. The molecule has 112 valence electrons. The first-order chi connectivity index (χ1) is 10.6. The van der Waals surface area contributed by atoms with Crippen LogP contribution in [-0.4, -0.2) is 16.9 Å². The predicted octanol–water partition coefficient (Wildman–Crippen LogP) is 0.983. The fourth-order valence-corrected chi connectivity index (χ4v) is 2.38. The van der Waals surface area contributed by atoms with Gasteiger partial charge in [0, 0.05) is 10.9 Å². The number of carbonyl (C=O) groups excluding carboxylic acids is 2. The summed E-state index contributed by atoms with van der Waals surface area (Å²) >= 11 is 0. The minimum Gasteiger partial charge on any atom is -0.543 e. The van der Waals surface area contributed by atoms with Crippen molar-refractivity contribution in [3.63, 3.8) is 0 Å². The van der Waals surface area contributed by atoms with Crippen molar-refractivity contribution in [2.75, 3.05) is 0 Å². The third-order valence-electron chi connectivity index (χ3n) is 3.39. The molecule has 2 aromatic heterocycles. The van der Waals surface area contributed by atoms with Crippen LogP contribution in [0.15, 0.2) is 47.1 Å². The minimum absolute atomic E-state index is 0.0476. The minimum atomic E-state index is -1.33. The van der Waals surface area contributed by atoms with Gasteiger partial charge in [0.1, 0.15) is 5.76 Å². The van der Waals surface area contributed by atoms with Crippen molar-refractivity contribution in [3.8, 4) is 0 Å². The highest BCUT2D eigenvalue weighted by atomic mass is 16.4. The second-order valence-corrected chi connectivity index (χ2v) is 4.84. The maximum atomic E-state index is 12.0. The van der Waals surface area contributed by atoms with Gasteiger partial charge in [0.05, 0.1) is 30.9 Å². The molecule has 6 heteroatoms. The van der Waals surface area contributed by atoms with E-state index in [2.05, 4.69) is 10.3 Å². The topological polar surface area (TPSA) is 98.2 Å². The summed E-state index contributed by atoms with van der Waals surface area (Å²) in [5, 5.41) is 14.6. The quantitative estimate of drug-likeness (QED) is 0.733. The average Bonchev–Trinajstić information content (AvgIpc) is 3.13. The number of para-hydroxylation sites is 1. The summed E-state index contributed by atoms with van der Waals surface area (Å²) in [5.41, 5.74) is 1.03. The van der Waals surface area contributed by atoms with E-state index in [9.17, 15) is 14.7 Å². The fourth-order valence-electron chi connectivity index (χ4n) is 2.38. The lowest BCUT2D eigenvalue weighted by Crippen LogP contribution is -2.27. The molecule has 22 heavy (non-hydrogen) atoms. The molecule has 3 rings (SSSR count). The standard InChI is InChI=1S/C16H14N2O4/c19-14(17-9-10-4-3-7-22-10)8-12-11-5-1-2-6-13(11)18-15(12)16(20)21/h1-7,18H,8-9H2,(H,17,19)(H,20,21)/p-1. The number of H-pyrrole nitrogens is 1. The van der Waals surface area contributed by atoms with Crippen LogP contribution >= 0.6 is 0 Å². The van der Waals surface area contributed by atoms with Gasteiger partial charge in [0.25, 0.3) is 0 Å². The number of hydrogen-bond acceptors (Lipinski definition) is 4. The molecule has 0 fully saturated rings. The van der Waals surface area contributed by atoms with Crippen LogP contribution in [0, 0.1) is 0 Å². The molecule has 3 aromatic rings. The number of fused-ring (bicyclic) bond motifs is 1. The van der Waals surface area contributed by atoms with E-state index in [1.807, 2.05) is 0 Å². The number of aromatic amines is 1. The Labute approximate surface area is 125 Å². The van der Waals surface area contributed by atoms with Crippen LogP contribution in [0.2, 0.25) is 0 Å². The molecule has 2 heterocycles. The van der Waals surface area contributed by atoms with Crippen LogP contribution in [0.5, 0.6) is 0 Å². The Morgan fingerprint density at radius 1 is 1.18 bits per heavy atom. The lowest BCUT2D eigenvalue weighted by Gasteiger charge is -2.06. The number of nitrogens with one attached hydrogen (secondary N) is 2. The number of carbonyl (C=O) groups is 2. The molecule has 1 amide bonds. The SMILES string of the molecule is O=C(Cc1c(C(=O)[O-])[nH]c2ccccc12)NCc1ccco1. The van der Waals surface area contributed by atoms with E-state index in [4.69, 9.17) is 4.42 Å². The molecule has 6 nitrogen and oxygen atoms in total. The van der Waals surface area contributed by atoms with Gasteiger partial charge in [-0.15, -0.1) is 0 Å². The van der Waals surface area contributed by atoms with Gasteiger partial charge in [-0.1, -0.05) is 18.2 Å². The van der Waals surface area contributed by atoms with Crippen molar-refractivity contribution in [2.45, 2.75) is 13.0 Å². The van der Waals surface area contributed by atoms with Crippen molar-refractivity contribution in [1.29, 1.82) is 0 Å². The summed E-state index contributed by atoms with van der Waals surface area (Å²) < 4.78 is 5.13. The van der Waals surface area contributed by atoms with Gasteiger partial charge >= 0.3 is 0 Å². The summed E-state index contributed by atoms with van der Waals surface area (Å²) in [6, 6.07) is 10.6. The van der Waals surface area contributed by atoms with Crippen molar-refractivity contribution >= 4 is 22.8 Å². The number of benzene rings is 1. The van der Waals surface area contributed by atoms with E-state index in [-0.39, 0.29) is 24.6 Å². The third kappa shape index (κ3) is 2.71. The van der Waals surface area contributed by atoms with E-state index in [1.54, 1.807) is 36.4 Å². The third-order valence-corrected chi connectivity index (χ3v) is 3.39. The number of carboxylic acids is 1. The van der Waals surface area contributed by atoms with E-state index in [0.717, 1.165) is 0 Å². The molecule has 2 N–H and O–H groups in total. The molecule has 0 saturated carbocycles. The molecule has 0 radical (unpaired) electrons. The predicted molar refractivity (Wildman–Crippen MR) is 76.9 cm³/mol. The molecular formula is C16H13N2O4-. The zero-order valence-electron chi connectivity index (χ0n) is 11.6. The number of aromatic nitrogens is 1. The normalized spacial score (nSPS) is 10.7. The highest BCUT2D eigenvalue weighted by Crippen LogP contribution is 2.22. The molecule has 0 aliphatic heterocycles. The largest absolute Gasteiger partial charge is 0.543 e. The van der Waals surface area contributed by atoms with E-state index in [0.29, 0.717) is 22.2 Å². The van der Waals surface area contributed by atoms with Crippen LogP contribution in [0.3, 0.4) is 0 Å². The lowest BCUT2D eigenvalue weighted by atomic mass is 10.1. The lowest BCUT2D eigenvalue weighted by molar-refractivity contribution is -0.255. The van der Waals surface area contributed by atoms with Crippen molar-refractivity contribution in [2.24, 2.45) is 0 Å².